The summed E-state index contributed by atoms with van der Waals surface area (Å²) in [4.78, 5) is 13.7. The van der Waals surface area contributed by atoms with Crippen molar-refractivity contribution < 1.29 is 8.83 Å². The van der Waals surface area contributed by atoms with Crippen molar-refractivity contribution in [1.82, 2.24) is 20.6 Å². The van der Waals surface area contributed by atoms with Crippen molar-refractivity contribution in [3.05, 3.63) is 83.6 Å². The zero-order valence-electron chi connectivity index (χ0n) is 18.6. The van der Waals surface area contributed by atoms with Gasteiger partial charge in [-0.1, -0.05) is 35.4 Å². The number of nitrogens with one attached hydrogen (secondary N) is 2. The van der Waals surface area contributed by atoms with Crippen molar-refractivity contribution in [3.63, 3.8) is 0 Å². The average molecular weight is 430 g/mol. The van der Waals surface area contributed by atoms with Crippen molar-refractivity contribution >= 4 is 5.96 Å². The van der Waals surface area contributed by atoms with E-state index in [-0.39, 0.29) is 0 Å². The fourth-order valence-electron chi connectivity index (χ4n) is 3.10. The first-order valence-corrected chi connectivity index (χ1v) is 10.7. The molecule has 2 aromatic carbocycles. The lowest BCUT2D eigenvalue weighted by molar-refractivity contribution is 0.572. The number of aryl methyl sites for hydroxylation is 2. The molecule has 4 aromatic rings. The lowest BCUT2D eigenvalue weighted by atomic mass is 10.1. The summed E-state index contributed by atoms with van der Waals surface area (Å²) in [5.74, 6) is 1.88. The van der Waals surface area contributed by atoms with E-state index in [1.165, 1.54) is 11.1 Å². The molecule has 2 heterocycles. The lowest BCUT2D eigenvalue weighted by Gasteiger charge is -2.09. The second kappa shape index (κ2) is 9.96. The second-order valence-electron chi connectivity index (χ2n) is 7.57. The Labute approximate surface area is 187 Å². The quantitative estimate of drug-likeness (QED) is 0.322. The second-order valence-corrected chi connectivity index (χ2v) is 7.57. The van der Waals surface area contributed by atoms with Gasteiger partial charge in [-0.3, -0.25) is 0 Å². The Hall–Kier alpha value is -3.87. The summed E-state index contributed by atoms with van der Waals surface area (Å²) in [5, 5.41) is 6.52. The van der Waals surface area contributed by atoms with Crippen LogP contribution in [-0.2, 0) is 13.1 Å². The fraction of sp³-hybridized carbons (Fsp3) is 0.240. The standard InChI is InChI=1S/C25H27N5O2/c1-4-26-25(27-13-21-15-31-23(29-21)19-9-5-17(2)6-10-19)28-14-22-16-32-24(30-22)20-11-7-18(3)8-12-20/h5-12,15-16H,4,13-14H2,1-3H3,(H2,26,27,28). The zero-order valence-corrected chi connectivity index (χ0v) is 18.6. The molecule has 2 aromatic heterocycles. The Kier molecular flexibility index (Phi) is 6.65. The molecular formula is C25H27N5O2. The lowest BCUT2D eigenvalue weighted by Crippen LogP contribution is -2.36. The molecule has 0 aliphatic rings. The molecule has 4 rings (SSSR count). The Morgan fingerprint density at radius 1 is 0.781 bits per heavy atom. The molecule has 0 saturated heterocycles. The maximum atomic E-state index is 5.63. The minimum Gasteiger partial charge on any atom is -0.444 e. The van der Waals surface area contributed by atoms with Gasteiger partial charge in [-0.05, 0) is 45.0 Å². The summed E-state index contributed by atoms with van der Waals surface area (Å²) in [6, 6.07) is 16.2. The van der Waals surface area contributed by atoms with E-state index >= 15 is 0 Å². The Bertz CT molecular complexity index is 1170. The van der Waals surface area contributed by atoms with Gasteiger partial charge in [-0.2, -0.15) is 0 Å². The van der Waals surface area contributed by atoms with Gasteiger partial charge in [0.05, 0.1) is 18.8 Å². The minimum absolute atomic E-state index is 0.401. The Morgan fingerprint density at radius 2 is 1.31 bits per heavy atom. The molecule has 0 atom stereocenters. The van der Waals surface area contributed by atoms with Gasteiger partial charge >= 0.3 is 0 Å². The van der Waals surface area contributed by atoms with Crippen LogP contribution in [0, 0.1) is 13.8 Å². The number of aromatic nitrogens is 2. The maximum absolute atomic E-state index is 5.63. The zero-order chi connectivity index (χ0) is 22.3. The number of hydrogen-bond donors (Lipinski definition) is 2. The molecule has 0 bridgehead atoms. The van der Waals surface area contributed by atoms with Gasteiger partial charge in [0.15, 0.2) is 5.96 Å². The van der Waals surface area contributed by atoms with Gasteiger partial charge < -0.3 is 19.5 Å². The van der Waals surface area contributed by atoms with E-state index in [1.54, 1.807) is 12.5 Å². The first kappa shape index (κ1) is 21.4. The van der Waals surface area contributed by atoms with Crippen LogP contribution in [0.25, 0.3) is 22.9 Å². The minimum atomic E-state index is 0.401. The first-order chi connectivity index (χ1) is 15.6. The van der Waals surface area contributed by atoms with Crippen LogP contribution in [-0.4, -0.2) is 22.5 Å². The summed E-state index contributed by atoms with van der Waals surface area (Å²) in [5.41, 5.74) is 5.87. The molecule has 7 nitrogen and oxygen atoms in total. The number of rotatable bonds is 7. The number of benzene rings is 2. The largest absolute Gasteiger partial charge is 0.444 e. The van der Waals surface area contributed by atoms with Gasteiger partial charge in [-0.25, -0.2) is 15.0 Å². The number of hydrogen-bond acceptors (Lipinski definition) is 5. The Morgan fingerprint density at radius 3 is 1.88 bits per heavy atom. The van der Waals surface area contributed by atoms with E-state index in [0.29, 0.717) is 30.8 Å². The van der Waals surface area contributed by atoms with E-state index in [2.05, 4.69) is 39.4 Å². The third-order valence-corrected chi connectivity index (χ3v) is 4.88. The maximum Gasteiger partial charge on any atom is 0.226 e. The summed E-state index contributed by atoms with van der Waals surface area (Å²) in [6.45, 7) is 7.77. The average Bonchev–Trinajstić information content (AvgIpc) is 3.47. The smallest absolute Gasteiger partial charge is 0.226 e. The highest BCUT2D eigenvalue weighted by atomic mass is 16.3. The predicted molar refractivity (Wildman–Crippen MR) is 125 cm³/mol. The van der Waals surface area contributed by atoms with E-state index in [0.717, 1.165) is 29.1 Å². The molecule has 0 radical (unpaired) electrons. The molecule has 0 unspecified atom stereocenters. The van der Waals surface area contributed by atoms with Crippen molar-refractivity contribution in [2.45, 2.75) is 33.9 Å². The normalized spacial score (nSPS) is 11.5. The molecule has 0 fully saturated rings. The van der Waals surface area contributed by atoms with E-state index in [4.69, 9.17) is 8.83 Å². The van der Waals surface area contributed by atoms with Gasteiger partial charge in [0, 0.05) is 17.7 Å². The number of nitrogens with zero attached hydrogens (tertiary/aromatic N) is 3. The third kappa shape index (κ3) is 5.43. The van der Waals surface area contributed by atoms with Crippen LogP contribution in [0.5, 0.6) is 0 Å². The highest BCUT2D eigenvalue weighted by Gasteiger charge is 2.09. The van der Waals surface area contributed by atoms with E-state index < -0.39 is 0 Å². The van der Waals surface area contributed by atoms with Gasteiger partial charge in [0.2, 0.25) is 11.8 Å². The topological polar surface area (TPSA) is 88.5 Å². The third-order valence-electron chi connectivity index (χ3n) is 4.88. The molecule has 0 aliphatic heterocycles. The summed E-state index contributed by atoms with van der Waals surface area (Å²) in [6.07, 6.45) is 3.31. The fourth-order valence-corrected chi connectivity index (χ4v) is 3.10. The molecule has 0 spiro atoms. The molecule has 32 heavy (non-hydrogen) atoms. The van der Waals surface area contributed by atoms with Gasteiger partial charge in [0.25, 0.3) is 0 Å². The monoisotopic (exact) mass is 429 g/mol. The highest BCUT2D eigenvalue weighted by molar-refractivity contribution is 5.79. The molecular weight excluding hydrogens is 402 g/mol. The van der Waals surface area contributed by atoms with Crippen LogP contribution in [0.1, 0.15) is 29.4 Å². The number of aliphatic imine (C=N–C) groups is 1. The predicted octanol–water partition coefficient (Wildman–Crippen LogP) is 4.87. The molecule has 164 valence electrons. The van der Waals surface area contributed by atoms with Crippen LogP contribution in [0.4, 0.5) is 0 Å². The van der Waals surface area contributed by atoms with Crippen LogP contribution in [0.2, 0.25) is 0 Å². The number of guanidine groups is 1. The van der Waals surface area contributed by atoms with Crippen LogP contribution >= 0.6 is 0 Å². The molecule has 7 heteroatoms. The van der Waals surface area contributed by atoms with E-state index in [9.17, 15) is 0 Å². The van der Waals surface area contributed by atoms with Crippen LogP contribution in [0.15, 0.2) is 74.9 Å². The summed E-state index contributed by atoms with van der Waals surface area (Å²) >= 11 is 0. The summed E-state index contributed by atoms with van der Waals surface area (Å²) < 4.78 is 11.3. The van der Waals surface area contributed by atoms with Crippen molar-refractivity contribution in [2.24, 2.45) is 4.99 Å². The van der Waals surface area contributed by atoms with Crippen LogP contribution in [0.3, 0.4) is 0 Å². The Balaban J connectivity index is 1.37. The number of oxazole rings is 2. The van der Waals surface area contributed by atoms with E-state index in [1.807, 2.05) is 55.5 Å². The molecule has 2 N–H and O–H groups in total. The highest BCUT2D eigenvalue weighted by Crippen LogP contribution is 2.20. The van der Waals surface area contributed by atoms with Crippen molar-refractivity contribution in [2.75, 3.05) is 6.54 Å². The molecule has 0 saturated carbocycles. The van der Waals surface area contributed by atoms with Gasteiger partial charge in [0.1, 0.15) is 18.2 Å². The summed E-state index contributed by atoms with van der Waals surface area (Å²) in [7, 11) is 0. The van der Waals surface area contributed by atoms with Crippen molar-refractivity contribution in [3.8, 4) is 22.9 Å². The molecule has 0 aliphatic carbocycles. The van der Waals surface area contributed by atoms with Crippen LogP contribution < -0.4 is 10.6 Å². The SMILES string of the molecule is CCNC(=NCc1coc(-c2ccc(C)cc2)n1)NCc1coc(-c2ccc(C)cc2)n1. The van der Waals surface area contributed by atoms with Gasteiger partial charge in [-0.15, -0.1) is 0 Å². The van der Waals surface area contributed by atoms with Crippen molar-refractivity contribution in [1.29, 1.82) is 0 Å². The first-order valence-electron chi connectivity index (χ1n) is 10.7. The molecule has 0 amide bonds.